The van der Waals surface area contributed by atoms with Gasteiger partial charge in [0.15, 0.2) is 5.69 Å². The summed E-state index contributed by atoms with van der Waals surface area (Å²) in [6, 6.07) is 0. The highest BCUT2D eigenvalue weighted by molar-refractivity contribution is 5.97. The molecule has 1 aromatic rings. The molecule has 0 unspecified atom stereocenters. The van der Waals surface area contributed by atoms with Crippen LogP contribution in [0, 0.1) is 0 Å². The number of nitrogens with one attached hydrogen (secondary N) is 1. The predicted octanol–water partition coefficient (Wildman–Crippen LogP) is 3.16. The molecule has 0 radical (unpaired) electrons. The molecule has 0 spiro atoms. The van der Waals surface area contributed by atoms with E-state index in [9.17, 15) is 4.79 Å². The summed E-state index contributed by atoms with van der Waals surface area (Å²) in [5.74, 6) is 0.191. The van der Waals surface area contributed by atoms with E-state index in [1.807, 2.05) is 18.7 Å². The molecule has 114 valence electrons. The quantitative estimate of drug-likeness (QED) is 0.768. The largest absolute Gasteiger partial charge is 0.395 e. The predicted molar refractivity (Wildman–Crippen MR) is 82.8 cm³/mol. The van der Waals surface area contributed by atoms with Crippen molar-refractivity contribution in [1.29, 1.82) is 0 Å². The van der Waals surface area contributed by atoms with Crippen LogP contribution >= 0.6 is 0 Å². The van der Waals surface area contributed by atoms with E-state index in [-0.39, 0.29) is 11.8 Å². The summed E-state index contributed by atoms with van der Waals surface area (Å²) in [5, 5.41) is 7.03. The summed E-state index contributed by atoms with van der Waals surface area (Å²) in [6.45, 7) is 9.87. The fraction of sp³-hybridized carbons (Fsp3) is 0.733. The number of nitrogen functional groups attached to an aromatic ring is 1. The number of nitrogens with two attached hydrogens (primary N) is 1. The number of H-pyrrole nitrogens is 1. The van der Waals surface area contributed by atoms with Crippen molar-refractivity contribution in [3.8, 4) is 0 Å². The molecule has 0 aromatic carbocycles. The zero-order chi connectivity index (χ0) is 15.1. The molecule has 1 rings (SSSR count). The molecule has 0 aliphatic carbocycles. The van der Waals surface area contributed by atoms with Crippen LogP contribution in [-0.2, 0) is 0 Å². The summed E-state index contributed by atoms with van der Waals surface area (Å²) in [4.78, 5) is 14.5. The number of unbranched alkanes of at least 4 members (excludes halogenated alkanes) is 2. The Kier molecular flexibility index (Phi) is 6.55. The first-order valence-electron chi connectivity index (χ1n) is 7.65. The molecule has 0 fully saturated rings. The molecule has 1 heterocycles. The minimum absolute atomic E-state index is 0.0486. The average Bonchev–Trinajstić information content (AvgIpc) is 2.80. The molecule has 0 bridgehead atoms. The lowest BCUT2D eigenvalue weighted by molar-refractivity contribution is 0.0746. The van der Waals surface area contributed by atoms with Gasteiger partial charge in [0, 0.05) is 13.1 Å². The SMILES string of the molecule is CCCCN(CCCC)C(=O)c1n[nH]c(C(C)C)c1N. The number of carbonyl (C=O) groups excluding carboxylic acids is 1. The number of rotatable bonds is 8. The molecule has 1 aromatic heterocycles. The summed E-state index contributed by atoms with van der Waals surface area (Å²) in [5.41, 5.74) is 7.78. The topological polar surface area (TPSA) is 75.0 Å². The van der Waals surface area contributed by atoms with Gasteiger partial charge in [-0.25, -0.2) is 0 Å². The zero-order valence-corrected chi connectivity index (χ0v) is 13.2. The first-order valence-corrected chi connectivity index (χ1v) is 7.65. The van der Waals surface area contributed by atoms with Crippen LogP contribution in [0.4, 0.5) is 5.69 Å². The van der Waals surface area contributed by atoms with Crippen molar-refractivity contribution in [3.05, 3.63) is 11.4 Å². The van der Waals surface area contributed by atoms with Crippen LogP contribution in [0.1, 0.15) is 75.5 Å². The van der Waals surface area contributed by atoms with Crippen molar-refractivity contribution in [2.24, 2.45) is 0 Å². The van der Waals surface area contributed by atoms with E-state index in [1.165, 1.54) is 0 Å². The van der Waals surface area contributed by atoms with Crippen molar-refractivity contribution < 1.29 is 4.79 Å². The molecule has 0 saturated carbocycles. The molecule has 3 N–H and O–H groups in total. The fourth-order valence-corrected chi connectivity index (χ4v) is 2.13. The maximum atomic E-state index is 12.6. The van der Waals surface area contributed by atoms with E-state index >= 15 is 0 Å². The molecule has 0 aliphatic heterocycles. The number of carbonyl (C=O) groups is 1. The van der Waals surface area contributed by atoms with Gasteiger partial charge in [0.2, 0.25) is 0 Å². The first-order chi connectivity index (χ1) is 9.52. The first kappa shape index (κ1) is 16.5. The fourth-order valence-electron chi connectivity index (χ4n) is 2.13. The maximum Gasteiger partial charge on any atom is 0.276 e. The van der Waals surface area contributed by atoms with Gasteiger partial charge < -0.3 is 10.6 Å². The average molecular weight is 280 g/mol. The minimum Gasteiger partial charge on any atom is -0.395 e. The van der Waals surface area contributed by atoms with E-state index in [2.05, 4.69) is 24.0 Å². The van der Waals surface area contributed by atoms with Gasteiger partial charge in [0.05, 0.1) is 11.4 Å². The van der Waals surface area contributed by atoms with Gasteiger partial charge in [-0.2, -0.15) is 5.10 Å². The highest BCUT2D eigenvalue weighted by Gasteiger charge is 2.23. The lowest BCUT2D eigenvalue weighted by Gasteiger charge is -2.21. The molecule has 1 amide bonds. The van der Waals surface area contributed by atoms with E-state index in [0.717, 1.165) is 44.5 Å². The Balaban J connectivity index is 2.87. The van der Waals surface area contributed by atoms with Crippen molar-refractivity contribution in [3.63, 3.8) is 0 Å². The van der Waals surface area contributed by atoms with Crippen molar-refractivity contribution in [1.82, 2.24) is 15.1 Å². The van der Waals surface area contributed by atoms with Crippen molar-refractivity contribution >= 4 is 11.6 Å². The molecule has 5 nitrogen and oxygen atoms in total. The molecule has 0 saturated heterocycles. The number of aromatic nitrogens is 2. The molecule has 0 aliphatic rings. The summed E-state index contributed by atoms with van der Waals surface area (Å²) in [6.07, 6.45) is 4.17. The molecular weight excluding hydrogens is 252 g/mol. The van der Waals surface area contributed by atoms with Gasteiger partial charge >= 0.3 is 0 Å². The number of nitrogens with zero attached hydrogens (tertiary/aromatic N) is 2. The van der Waals surface area contributed by atoms with Gasteiger partial charge in [-0.1, -0.05) is 40.5 Å². The third-order valence-corrected chi connectivity index (χ3v) is 3.46. The van der Waals surface area contributed by atoms with Crippen LogP contribution in [0.2, 0.25) is 0 Å². The van der Waals surface area contributed by atoms with E-state index in [4.69, 9.17) is 5.73 Å². The summed E-state index contributed by atoms with van der Waals surface area (Å²) >= 11 is 0. The number of amides is 1. The van der Waals surface area contributed by atoms with Crippen LogP contribution in [0.25, 0.3) is 0 Å². The Labute approximate surface area is 121 Å². The summed E-state index contributed by atoms with van der Waals surface area (Å²) < 4.78 is 0. The van der Waals surface area contributed by atoms with E-state index < -0.39 is 0 Å². The highest BCUT2D eigenvalue weighted by Crippen LogP contribution is 2.23. The van der Waals surface area contributed by atoms with Crippen molar-refractivity contribution in [2.75, 3.05) is 18.8 Å². The Morgan fingerprint density at radius 2 is 1.80 bits per heavy atom. The second-order valence-electron chi connectivity index (χ2n) is 5.55. The van der Waals surface area contributed by atoms with Crippen LogP contribution in [0.15, 0.2) is 0 Å². The maximum absolute atomic E-state index is 12.6. The van der Waals surface area contributed by atoms with Crippen LogP contribution in [0.3, 0.4) is 0 Å². The summed E-state index contributed by atoms with van der Waals surface area (Å²) in [7, 11) is 0. The van der Waals surface area contributed by atoms with Gasteiger partial charge in [0.25, 0.3) is 5.91 Å². The lowest BCUT2D eigenvalue weighted by atomic mass is 10.1. The van der Waals surface area contributed by atoms with E-state index in [0.29, 0.717) is 11.4 Å². The zero-order valence-electron chi connectivity index (χ0n) is 13.2. The number of anilines is 1. The Morgan fingerprint density at radius 3 is 2.20 bits per heavy atom. The van der Waals surface area contributed by atoms with E-state index in [1.54, 1.807) is 0 Å². The number of hydrogen-bond acceptors (Lipinski definition) is 3. The highest BCUT2D eigenvalue weighted by atomic mass is 16.2. The third kappa shape index (κ3) is 3.99. The molecule has 20 heavy (non-hydrogen) atoms. The normalized spacial score (nSPS) is 11.1. The Bertz CT molecular complexity index is 418. The van der Waals surface area contributed by atoms with Crippen LogP contribution in [-0.4, -0.2) is 34.1 Å². The standard InChI is InChI=1S/C15H28N4O/c1-5-7-9-19(10-8-6-2)15(20)14-12(16)13(11(3)4)17-18-14/h11H,5-10,16H2,1-4H3,(H,17,18). The van der Waals surface area contributed by atoms with Gasteiger partial charge in [-0.05, 0) is 18.8 Å². The number of aromatic amines is 1. The number of hydrogen-bond donors (Lipinski definition) is 2. The monoisotopic (exact) mass is 280 g/mol. The molecule has 0 atom stereocenters. The van der Waals surface area contributed by atoms with Crippen molar-refractivity contribution in [2.45, 2.75) is 59.3 Å². The van der Waals surface area contributed by atoms with Crippen LogP contribution in [0.5, 0.6) is 0 Å². The molecule has 5 heteroatoms. The smallest absolute Gasteiger partial charge is 0.276 e. The van der Waals surface area contributed by atoms with Gasteiger partial charge in [0.1, 0.15) is 0 Å². The van der Waals surface area contributed by atoms with Gasteiger partial charge in [-0.3, -0.25) is 9.89 Å². The Hall–Kier alpha value is -1.52. The Morgan fingerprint density at radius 1 is 1.25 bits per heavy atom. The lowest BCUT2D eigenvalue weighted by Crippen LogP contribution is -2.33. The second kappa shape index (κ2) is 7.92. The second-order valence-corrected chi connectivity index (χ2v) is 5.55. The third-order valence-electron chi connectivity index (χ3n) is 3.46. The van der Waals surface area contributed by atoms with Crippen LogP contribution < -0.4 is 5.73 Å². The minimum atomic E-state index is -0.0486. The molecular formula is C15H28N4O. The van der Waals surface area contributed by atoms with Gasteiger partial charge in [-0.15, -0.1) is 0 Å².